The maximum Gasteiger partial charge on any atom is 0.248 e. The Morgan fingerprint density at radius 3 is 2.78 bits per heavy atom. The van der Waals surface area contributed by atoms with Crippen molar-refractivity contribution < 1.29 is 17.7 Å². The molecule has 0 aliphatic carbocycles. The predicted molar refractivity (Wildman–Crippen MR) is 102 cm³/mol. The van der Waals surface area contributed by atoms with Crippen LogP contribution >= 0.6 is 11.3 Å². The molecule has 1 amide bonds. The summed E-state index contributed by atoms with van der Waals surface area (Å²) in [6, 6.07) is 0. The molecule has 0 bridgehead atoms. The molecule has 27 heavy (non-hydrogen) atoms. The van der Waals surface area contributed by atoms with Crippen molar-refractivity contribution in [1.29, 1.82) is 0 Å². The Kier molecular flexibility index (Phi) is 5.97. The lowest BCUT2D eigenvalue weighted by Gasteiger charge is -2.37. The van der Waals surface area contributed by atoms with Gasteiger partial charge in [0.2, 0.25) is 15.9 Å². The van der Waals surface area contributed by atoms with Crippen molar-refractivity contribution >= 4 is 32.4 Å². The molecule has 1 saturated heterocycles. The number of nitrogens with zero attached hydrogens (tertiary/aromatic N) is 3. The third-order valence-electron chi connectivity index (χ3n) is 5.07. The number of aryl methyl sites for hydroxylation is 2. The zero-order chi connectivity index (χ0) is 19.6. The number of nitrogens with one attached hydrogen (secondary N) is 1. The van der Waals surface area contributed by atoms with Crippen molar-refractivity contribution in [2.75, 3.05) is 18.4 Å². The van der Waals surface area contributed by atoms with Crippen molar-refractivity contribution in [1.82, 2.24) is 14.4 Å². The number of rotatable bonds is 6. The largest absolute Gasteiger partial charge is 0.360 e. The highest BCUT2D eigenvalue weighted by atomic mass is 32.2. The fourth-order valence-electron chi connectivity index (χ4n) is 3.66. The molecule has 0 saturated carbocycles. The molecule has 0 radical (unpaired) electrons. The second-order valence-electron chi connectivity index (χ2n) is 6.82. The van der Waals surface area contributed by atoms with Crippen LogP contribution in [-0.2, 0) is 14.8 Å². The first-order chi connectivity index (χ1) is 12.8. The first kappa shape index (κ1) is 20.0. The van der Waals surface area contributed by atoms with Gasteiger partial charge in [-0.15, -0.1) is 11.3 Å². The molecular weight excluding hydrogens is 388 g/mol. The highest BCUT2D eigenvalue weighted by Gasteiger charge is 2.38. The Morgan fingerprint density at radius 1 is 1.41 bits per heavy atom. The number of hydrogen-bond acceptors (Lipinski definition) is 7. The van der Waals surface area contributed by atoms with E-state index in [-0.39, 0.29) is 22.6 Å². The van der Waals surface area contributed by atoms with Crippen LogP contribution in [0.1, 0.15) is 37.6 Å². The lowest BCUT2D eigenvalue weighted by Crippen LogP contribution is -2.44. The van der Waals surface area contributed by atoms with E-state index in [1.807, 2.05) is 12.3 Å². The average molecular weight is 413 g/mol. The molecule has 3 rings (SSSR count). The van der Waals surface area contributed by atoms with E-state index in [2.05, 4.69) is 15.5 Å². The third-order valence-corrected chi connectivity index (χ3v) is 7.87. The van der Waals surface area contributed by atoms with Gasteiger partial charge in [-0.05, 0) is 32.1 Å². The van der Waals surface area contributed by atoms with Crippen LogP contribution in [0.4, 0.5) is 5.13 Å². The monoisotopic (exact) mass is 412 g/mol. The molecular formula is C17H24N4O4S2. The van der Waals surface area contributed by atoms with Gasteiger partial charge in [0.25, 0.3) is 0 Å². The quantitative estimate of drug-likeness (QED) is 0.782. The molecule has 0 unspecified atom stereocenters. The highest BCUT2D eigenvalue weighted by Crippen LogP contribution is 2.33. The van der Waals surface area contributed by atoms with Gasteiger partial charge in [-0.2, -0.15) is 4.31 Å². The number of thiazole rings is 1. The van der Waals surface area contributed by atoms with E-state index in [1.54, 1.807) is 20.0 Å². The molecule has 0 spiro atoms. The Hall–Kier alpha value is -1.78. The van der Waals surface area contributed by atoms with Gasteiger partial charge < -0.3 is 9.84 Å². The van der Waals surface area contributed by atoms with Crippen molar-refractivity contribution in [2.24, 2.45) is 11.8 Å². The van der Waals surface area contributed by atoms with Crippen molar-refractivity contribution in [2.45, 2.75) is 44.9 Å². The van der Waals surface area contributed by atoms with Gasteiger partial charge in [-0.1, -0.05) is 18.5 Å². The summed E-state index contributed by atoms with van der Waals surface area (Å²) in [5.74, 6) is 0.503. The molecule has 2 atom stereocenters. The lowest BCUT2D eigenvalue weighted by molar-refractivity contribution is -0.117. The molecule has 8 nitrogen and oxygen atoms in total. The summed E-state index contributed by atoms with van der Waals surface area (Å²) in [7, 11) is -3.65. The second-order valence-corrected chi connectivity index (χ2v) is 9.59. The average Bonchev–Trinajstić information content (AvgIpc) is 3.24. The SMILES string of the molecule is CC[C@@H]1CN(S(=O)(=O)c2c(C)noc2C)CC[C@H]1CC(=O)Nc1nccs1. The van der Waals surface area contributed by atoms with Crippen LogP contribution < -0.4 is 5.32 Å². The molecule has 3 heterocycles. The van der Waals surface area contributed by atoms with Gasteiger partial charge >= 0.3 is 0 Å². The normalized spacial score (nSPS) is 21.3. The van der Waals surface area contributed by atoms with E-state index >= 15 is 0 Å². The fourth-order valence-corrected chi connectivity index (χ4v) is 6.01. The number of sulfonamides is 1. The Balaban J connectivity index is 1.68. The summed E-state index contributed by atoms with van der Waals surface area (Å²) in [5.41, 5.74) is 0.380. The van der Waals surface area contributed by atoms with Gasteiger partial charge in [0.1, 0.15) is 10.6 Å². The van der Waals surface area contributed by atoms with Crippen LogP contribution in [0.5, 0.6) is 0 Å². The molecule has 10 heteroatoms. The number of carbonyl (C=O) groups excluding carboxylic acids is 1. The van der Waals surface area contributed by atoms with E-state index in [1.165, 1.54) is 15.6 Å². The molecule has 2 aromatic heterocycles. The Bertz CT molecular complexity index is 873. The minimum atomic E-state index is -3.65. The zero-order valence-corrected chi connectivity index (χ0v) is 17.3. The van der Waals surface area contributed by atoms with Crippen LogP contribution in [0.15, 0.2) is 21.0 Å². The maximum absolute atomic E-state index is 13.0. The first-order valence-electron chi connectivity index (χ1n) is 8.95. The summed E-state index contributed by atoms with van der Waals surface area (Å²) in [6.07, 6.45) is 3.47. The minimum absolute atomic E-state index is 0.0737. The number of anilines is 1. The van der Waals surface area contributed by atoms with Gasteiger partial charge in [0.15, 0.2) is 10.9 Å². The smallest absolute Gasteiger partial charge is 0.248 e. The zero-order valence-electron chi connectivity index (χ0n) is 15.6. The van der Waals surface area contributed by atoms with Crippen LogP contribution in [-0.4, -0.2) is 41.9 Å². The van der Waals surface area contributed by atoms with E-state index < -0.39 is 10.0 Å². The topological polar surface area (TPSA) is 105 Å². The Morgan fingerprint density at radius 2 is 2.19 bits per heavy atom. The van der Waals surface area contributed by atoms with E-state index in [0.29, 0.717) is 42.5 Å². The molecule has 0 aromatic carbocycles. The summed E-state index contributed by atoms with van der Waals surface area (Å²) in [6.45, 7) is 6.06. The molecule has 1 aliphatic rings. The molecule has 1 fully saturated rings. The predicted octanol–water partition coefficient (Wildman–Crippen LogP) is 2.81. The molecule has 1 aliphatic heterocycles. The van der Waals surface area contributed by atoms with Crippen LogP contribution in [0.25, 0.3) is 0 Å². The fraction of sp³-hybridized carbons (Fsp3) is 0.588. The number of carbonyl (C=O) groups is 1. The number of piperidine rings is 1. The Labute approximate surface area is 163 Å². The van der Waals surface area contributed by atoms with Crippen LogP contribution in [0, 0.1) is 25.7 Å². The van der Waals surface area contributed by atoms with E-state index in [0.717, 1.165) is 6.42 Å². The van der Waals surface area contributed by atoms with Crippen LogP contribution in [0.3, 0.4) is 0 Å². The second kappa shape index (κ2) is 8.07. The third kappa shape index (κ3) is 4.22. The maximum atomic E-state index is 13.0. The number of aromatic nitrogens is 2. The van der Waals surface area contributed by atoms with Crippen molar-refractivity contribution in [3.8, 4) is 0 Å². The van der Waals surface area contributed by atoms with Gasteiger partial charge in [-0.25, -0.2) is 13.4 Å². The molecule has 2 aromatic rings. The highest BCUT2D eigenvalue weighted by molar-refractivity contribution is 7.89. The van der Waals surface area contributed by atoms with E-state index in [9.17, 15) is 13.2 Å². The summed E-state index contributed by atoms with van der Waals surface area (Å²) in [4.78, 5) is 16.5. The molecule has 148 valence electrons. The van der Waals surface area contributed by atoms with Crippen LogP contribution in [0.2, 0.25) is 0 Å². The van der Waals surface area contributed by atoms with Gasteiger partial charge in [0, 0.05) is 31.1 Å². The summed E-state index contributed by atoms with van der Waals surface area (Å²) in [5, 5.41) is 8.97. The minimum Gasteiger partial charge on any atom is -0.360 e. The molecule has 1 N–H and O–H groups in total. The number of amides is 1. The lowest BCUT2D eigenvalue weighted by atomic mass is 9.82. The first-order valence-corrected chi connectivity index (χ1v) is 11.3. The van der Waals surface area contributed by atoms with Crippen molar-refractivity contribution in [3.63, 3.8) is 0 Å². The van der Waals surface area contributed by atoms with Crippen molar-refractivity contribution in [3.05, 3.63) is 23.0 Å². The van der Waals surface area contributed by atoms with Gasteiger partial charge in [0.05, 0.1) is 0 Å². The summed E-state index contributed by atoms with van der Waals surface area (Å²) < 4.78 is 32.6. The summed E-state index contributed by atoms with van der Waals surface area (Å²) >= 11 is 1.38. The number of hydrogen-bond donors (Lipinski definition) is 1. The standard InChI is InChI=1S/C17H24N4O4S2/c1-4-13-10-21(27(23,24)16-11(2)20-25-12(16)3)7-5-14(13)9-15(22)19-17-18-6-8-26-17/h6,8,13-14H,4-5,7,9-10H2,1-3H3,(H,18,19,22)/t13-,14+/m1/s1. The van der Waals surface area contributed by atoms with Gasteiger partial charge in [-0.3, -0.25) is 4.79 Å². The van der Waals surface area contributed by atoms with E-state index in [4.69, 9.17) is 4.52 Å².